The minimum Gasteiger partial charge on any atom is -0.495 e. The van der Waals surface area contributed by atoms with Gasteiger partial charge in [-0.2, -0.15) is 10.4 Å². The van der Waals surface area contributed by atoms with Crippen molar-refractivity contribution in [2.75, 3.05) is 17.9 Å². The lowest BCUT2D eigenvalue weighted by Crippen LogP contribution is -2.26. The van der Waals surface area contributed by atoms with Gasteiger partial charge in [0, 0.05) is 6.04 Å². The number of nitriles is 1. The molecular weight excluding hydrogens is 352 g/mol. The molecule has 0 fully saturated rings. The highest BCUT2D eigenvalue weighted by molar-refractivity contribution is 6.45. The molecule has 2 aromatic rings. The molecule has 0 radical (unpaired) electrons. The molecule has 1 unspecified atom stereocenters. The Balaban J connectivity index is 1.61. The van der Waals surface area contributed by atoms with Crippen LogP contribution in [0.1, 0.15) is 24.0 Å². The van der Waals surface area contributed by atoms with Crippen LogP contribution in [0.3, 0.4) is 0 Å². The van der Waals surface area contributed by atoms with Crippen molar-refractivity contribution in [3.05, 3.63) is 53.6 Å². The lowest BCUT2D eigenvalue weighted by atomic mass is 9.93. The Morgan fingerprint density at radius 2 is 2.21 bits per heavy atom. The van der Waals surface area contributed by atoms with Crippen LogP contribution in [0.15, 0.2) is 47.6 Å². The third kappa shape index (κ3) is 4.60. The summed E-state index contributed by atoms with van der Waals surface area (Å²) in [6.07, 6.45) is 4.05. The SMILES string of the molecule is COc1cccc2c1NC(CCc1cccc(N/N=C(\C#N)C(=N)N)c1)CC2. The van der Waals surface area contributed by atoms with Gasteiger partial charge in [0.2, 0.25) is 5.71 Å². The van der Waals surface area contributed by atoms with E-state index in [1.54, 1.807) is 13.2 Å². The molecule has 1 heterocycles. The minimum absolute atomic E-state index is 0.135. The van der Waals surface area contributed by atoms with E-state index in [-0.39, 0.29) is 11.5 Å². The molecule has 7 heteroatoms. The van der Waals surface area contributed by atoms with E-state index in [4.69, 9.17) is 21.1 Å². The fraction of sp³-hybridized carbons (Fsp3) is 0.286. The predicted molar refractivity (Wildman–Crippen MR) is 112 cm³/mol. The highest BCUT2D eigenvalue weighted by atomic mass is 16.5. The molecule has 5 N–H and O–H groups in total. The molecule has 0 spiro atoms. The first-order valence-corrected chi connectivity index (χ1v) is 9.20. The van der Waals surface area contributed by atoms with Crippen LogP contribution in [0.25, 0.3) is 0 Å². The van der Waals surface area contributed by atoms with E-state index in [0.717, 1.165) is 42.8 Å². The molecule has 0 saturated heterocycles. The molecule has 0 bridgehead atoms. The van der Waals surface area contributed by atoms with Crippen LogP contribution in [-0.2, 0) is 12.8 Å². The van der Waals surface area contributed by atoms with Crippen molar-refractivity contribution in [3.63, 3.8) is 0 Å². The monoisotopic (exact) mass is 376 g/mol. The number of nitrogens with zero attached hydrogens (tertiary/aromatic N) is 2. The van der Waals surface area contributed by atoms with Crippen LogP contribution in [0, 0.1) is 16.7 Å². The smallest absolute Gasteiger partial charge is 0.201 e. The number of hydrazone groups is 1. The molecule has 28 heavy (non-hydrogen) atoms. The van der Waals surface area contributed by atoms with E-state index >= 15 is 0 Å². The number of benzene rings is 2. The molecule has 0 amide bonds. The summed E-state index contributed by atoms with van der Waals surface area (Å²) in [7, 11) is 1.70. The topological polar surface area (TPSA) is 119 Å². The quantitative estimate of drug-likeness (QED) is 0.336. The molecule has 1 aliphatic rings. The van der Waals surface area contributed by atoms with Crippen LogP contribution < -0.4 is 21.2 Å². The van der Waals surface area contributed by atoms with Crippen LogP contribution >= 0.6 is 0 Å². The lowest BCUT2D eigenvalue weighted by molar-refractivity contribution is 0.413. The van der Waals surface area contributed by atoms with Gasteiger partial charge in [0.15, 0.2) is 5.84 Å². The summed E-state index contributed by atoms with van der Waals surface area (Å²) in [6, 6.07) is 16.2. The third-order valence-corrected chi connectivity index (χ3v) is 4.81. The van der Waals surface area contributed by atoms with Crippen LogP contribution in [-0.4, -0.2) is 24.7 Å². The predicted octanol–water partition coefficient (Wildman–Crippen LogP) is 3.28. The molecule has 3 rings (SSSR count). The second-order valence-electron chi connectivity index (χ2n) is 6.71. The number of para-hydroxylation sites is 1. The van der Waals surface area contributed by atoms with E-state index in [0.29, 0.717) is 6.04 Å². The highest BCUT2D eigenvalue weighted by Gasteiger charge is 2.20. The third-order valence-electron chi connectivity index (χ3n) is 4.81. The molecule has 0 aromatic heterocycles. The summed E-state index contributed by atoms with van der Waals surface area (Å²) < 4.78 is 5.48. The van der Waals surface area contributed by atoms with Gasteiger partial charge < -0.3 is 15.8 Å². The first-order chi connectivity index (χ1) is 13.6. The summed E-state index contributed by atoms with van der Waals surface area (Å²) in [5.74, 6) is 0.537. The zero-order valence-electron chi connectivity index (χ0n) is 15.8. The molecule has 2 aromatic carbocycles. The van der Waals surface area contributed by atoms with E-state index in [1.807, 2.05) is 30.3 Å². The van der Waals surface area contributed by atoms with Gasteiger partial charge >= 0.3 is 0 Å². The fourth-order valence-corrected chi connectivity index (χ4v) is 3.34. The summed E-state index contributed by atoms with van der Waals surface area (Å²) in [5, 5.41) is 23.7. The number of amidine groups is 1. The van der Waals surface area contributed by atoms with Gasteiger partial charge in [0.05, 0.1) is 18.5 Å². The van der Waals surface area contributed by atoms with Crippen molar-refractivity contribution < 1.29 is 4.74 Å². The first-order valence-electron chi connectivity index (χ1n) is 9.20. The summed E-state index contributed by atoms with van der Waals surface area (Å²) in [5.41, 5.74) is 12.3. The number of hydrogen-bond acceptors (Lipinski definition) is 6. The maximum absolute atomic E-state index is 8.91. The Labute approximate surface area is 164 Å². The number of hydrogen-bond donors (Lipinski definition) is 4. The lowest BCUT2D eigenvalue weighted by Gasteiger charge is -2.28. The van der Waals surface area contributed by atoms with E-state index < -0.39 is 0 Å². The van der Waals surface area contributed by atoms with Crippen molar-refractivity contribution in [2.24, 2.45) is 10.8 Å². The number of fused-ring (bicyclic) bond motifs is 1. The molecule has 1 atom stereocenters. The van der Waals surface area contributed by atoms with Gasteiger partial charge in [-0.25, -0.2) is 0 Å². The van der Waals surface area contributed by atoms with Gasteiger partial charge in [0.25, 0.3) is 0 Å². The Bertz CT molecular complexity index is 916. The number of rotatable bonds is 7. The van der Waals surface area contributed by atoms with Crippen molar-refractivity contribution >= 4 is 22.9 Å². The van der Waals surface area contributed by atoms with Gasteiger partial charge in [-0.3, -0.25) is 10.8 Å². The van der Waals surface area contributed by atoms with Crippen molar-refractivity contribution in [1.29, 1.82) is 10.7 Å². The molecule has 7 nitrogen and oxygen atoms in total. The zero-order valence-corrected chi connectivity index (χ0v) is 15.8. The average Bonchev–Trinajstić information content (AvgIpc) is 2.72. The molecule has 0 saturated carbocycles. The Hall–Kier alpha value is -3.53. The zero-order chi connectivity index (χ0) is 19.9. The standard InChI is InChI=1S/C21H24N6O/c1-28-19-7-3-5-15-9-11-16(25-20(15)19)10-8-14-4-2-6-17(12-14)26-27-18(13-22)21(23)24/h2-7,12,16,25-26H,8-11H2,1H3,(H3,23,24)/b27-18+. The normalized spacial score (nSPS) is 15.7. The van der Waals surface area contributed by atoms with Gasteiger partial charge in [-0.05, 0) is 55.0 Å². The average molecular weight is 376 g/mol. The van der Waals surface area contributed by atoms with E-state index in [1.165, 1.54) is 11.1 Å². The largest absolute Gasteiger partial charge is 0.495 e. The highest BCUT2D eigenvalue weighted by Crippen LogP contribution is 2.34. The van der Waals surface area contributed by atoms with E-state index in [2.05, 4.69) is 28.0 Å². The molecule has 144 valence electrons. The minimum atomic E-state index is -0.356. The van der Waals surface area contributed by atoms with Crippen molar-refractivity contribution in [2.45, 2.75) is 31.7 Å². The maximum atomic E-state index is 8.91. The Kier molecular flexibility index (Phi) is 6.12. The van der Waals surface area contributed by atoms with Crippen LogP contribution in [0.5, 0.6) is 5.75 Å². The number of nitrogens with two attached hydrogens (primary N) is 1. The first kappa shape index (κ1) is 19.2. The van der Waals surface area contributed by atoms with Gasteiger partial charge in [-0.1, -0.05) is 24.3 Å². The Morgan fingerprint density at radius 3 is 2.96 bits per heavy atom. The van der Waals surface area contributed by atoms with Crippen LogP contribution in [0.2, 0.25) is 0 Å². The molecule has 0 aliphatic carbocycles. The van der Waals surface area contributed by atoms with Gasteiger partial charge in [0.1, 0.15) is 11.8 Å². The van der Waals surface area contributed by atoms with E-state index in [9.17, 15) is 0 Å². The van der Waals surface area contributed by atoms with Crippen LogP contribution in [0.4, 0.5) is 11.4 Å². The fourth-order valence-electron chi connectivity index (χ4n) is 3.34. The molecular formula is C21H24N6O. The van der Waals surface area contributed by atoms with Crippen molar-refractivity contribution in [3.8, 4) is 11.8 Å². The second kappa shape index (κ2) is 8.91. The number of anilines is 2. The van der Waals surface area contributed by atoms with Gasteiger partial charge in [-0.15, -0.1) is 0 Å². The summed E-state index contributed by atoms with van der Waals surface area (Å²) >= 11 is 0. The number of nitrogens with one attached hydrogen (secondary N) is 3. The summed E-state index contributed by atoms with van der Waals surface area (Å²) in [6.45, 7) is 0. The molecule has 1 aliphatic heterocycles. The Morgan fingerprint density at radius 1 is 1.39 bits per heavy atom. The number of ether oxygens (including phenoxy) is 1. The number of aryl methyl sites for hydroxylation is 2. The second-order valence-corrected chi connectivity index (χ2v) is 6.71. The number of methoxy groups -OCH3 is 1. The van der Waals surface area contributed by atoms with Crippen molar-refractivity contribution in [1.82, 2.24) is 0 Å². The summed E-state index contributed by atoms with van der Waals surface area (Å²) in [4.78, 5) is 0. The maximum Gasteiger partial charge on any atom is 0.201 e.